The maximum atomic E-state index is 12.2. The van der Waals surface area contributed by atoms with Crippen LogP contribution in [0.2, 0.25) is 0 Å². The number of carbonyl (C=O) groups is 1. The van der Waals surface area contributed by atoms with E-state index in [0.29, 0.717) is 25.2 Å². The Kier molecular flexibility index (Phi) is 5.20. The van der Waals surface area contributed by atoms with Gasteiger partial charge < -0.3 is 10.2 Å². The lowest BCUT2D eigenvalue weighted by molar-refractivity contribution is -0.134. The van der Waals surface area contributed by atoms with Gasteiger partial charge in [-0.2, -0.15) is 13.2 Å². The van der Waals surface area contributed by atoms with Crippen LogP contribution in [-0.2, 0) is 11.2 Å². The number of hydrogen-bond acceptors (Lipinski definition) is 4. The minimum Gasteiger partial charge on any atom is -0.349 e. The van der Waals surface area contributed by atoms with Gasteiger partial charge in [-0.1, -0.05) is 6.92 Å². The molecule has 0 radical (unpaired) electrons. The van der Waals surface area contributed by atoms with Gasteiger partial charge in [-0.25, -0.2) is 9.97 Å². The number of nitrogens with one attached hydrogen (secondary N) is 1. The first kappa shape index (κ1) is 16.5. The number of hydrogen-bond donors (Lipinski definition) is 1. The van der Waals surface area contributed by atoms with Crippen molar-refractivity contribution in [2.24, 2.45) is 0 Å². The second-order valence-corrected chi connectivity index (χ2v) is 5.37. The lowest BCUT2D eigenvalue weighted by Gasteiger charge is -2.16. The topological polar surface area (TPSA) is 58.1 Å². The van der Waals surface area contributed by atoms with E-state index in [9.17, 15) is 18.0 Å². The summed E-state index contributed by atoms with van der Waals surface area (Å²) in [6.07, 6.45) is -2.60. The highest BCUT2D eigenvalue weighted by Crippen LogP contribution is 2.22. The van der Waals surface area contributed by atoms with Gasteiger partial charge in [0.25, 0.3) is 0 Å². The predicted octanol–water partition coefficient (Wildman–Crippen LogP) is 2.39. The van der Waals surface area contributed by atoms with Crippen molar-refractivity contribution in [2.75, 3.05) is 18.4 Å². The molecule has 0 bridgehead atoms. The fraction of sp³-hybridized carbons (Fsp3) is 0.643. The zero-order valence-corrected chi connectivity index (χ0v) is 12.4. The first-order chi connectivity index (χ1) is 10.4. The molecule has 1 aromatic heterocycles. The summed E-state index contributed by atoms with van der Waals surface area (Å²) in [6, 6.07) is 1.37. The molecular weight excluding hydrogens is 297 g/mol. The highest BCUT2D eigenvalue weighted by Gasteiger charge is 2.29. The van der Waals surface area contributed by atoms with Crippen molar-refractivity contribution >= 4 is 11.9 Å². The van der Waals surface area contributed by atoms with E-state index in [4.69, 9.17) is 0 Å². The first-order valence-corrected chi connectivity index (χ1v) is 7.30. The van der Waals surface area contributed by atoms with Gasteiger partial charge in [0.2, 0.25) is 11.9 Å². The minimum absolute atomic E-state index is 0.0765. The number of carbonyl (C=O) groups excluding carboxylic acids is 1. The SMILES string of the molecule is CCCN1C[C@H](Nc2nccc(CCC(F)(F)F)n2)CC1=O. The van der Waals surface area contributed by atoms with E-state index in [1.54, 1.807) is 4.90 Å². The molecule has 1 atom stereocenters. The molecule has 8 heteroatoms. The minimum atomic E-state index is -4.20. The number of halogens is 3. The Labute approximate surface area is 126 Å². The normalized spacial score (nSPS) is 18.8. The molecule has 1 aliphatic rings. The molecule has 0 aliphatic carbocycles. The Morgan fingerprint density at radius 1 is 1.45 bits per heavy atom. The fourth-order valence-electron chi connectivity index (χ4n) is 2.41. The van der Waals surface area contributed by atoms with E-state index in [1.165, 1.54) is 12.3 Å². The van der Waals surface area contributed by atoms with Crippen molar-refractivity contribution in [1.29, 1.82) is 0 Å². The highest BCUT2D eigenvalue weighted by atomic mass is 19.4. The second-order valence-electron chi connectivity index (χ2n) is 5.37. The van der Waals surface area contributed by atoms with Crippen molar-refractivity contribution < 1.29 is 18.0 Å². The van der Waals surface area contributed by atoms with Crippen molar-refractivity contribution in [3.8, 4) is 0 Å². The summed E-state index contributed by atoms with van der Waals surface area (Å²) in [6.45, 7) is 3.29. The van der Waals surface area contributed by atoms with Gasteiger partial charge >= 0.3 is 6.18 Å². The zero-order valence-electron chi connectivity index (χ0n) is 12.4. The van der Waals surface area contributed by atoms with Gasteiger partial charge in [0.1, 0.15) is 0 Å². The number of likely N-dealkylation sites (tertiary alicyclic amines) is 1. The summed E-state index contributed by atoms with van der Waals surface area (Å²) < 4.78 is 36.7. The third-order valence-electron chi connectivity index (χ3n) is 3.42. The van der Waals surface area contributed by atoms with Crippen LogP contribution in [-0.4, -0.2) is 46.1 Å². The standard InChI is InChI=1S/C14H19F3N4O/c1-2-7-21-9-11(8-12(21)22)20-13-18-6-4-10(19-13)3-5-14(15,16)17/h4,6,11H,2-3,5,7-9H2,1H3,(H,18,19,20)/t11-/m1/s1. The summed E-state index contributed by atoms with van der Waals surface area (Å²) >= 11 is 0. The van der Waals surface area contributed by atoms with E-state index < -0.39 is 12.6 Å². The molecule has 2 rings (SSSR count). The number of aryl methyl sites for hydroxylation is 1. The van der Waals surface area contributed by atoms with Gasteiger partial charge in [-0.15, -0.1) is 0 Å². The van der Waals surface area contributed by atoms with Gasteiger partial charge in [0, 0.05) is 37.8 Å². The van der Waals surface area contributed by atoms with Crippen LogP contribution in [0, 0.1) is 0 Å². The van der Waals surface area contributed by atoms with E-state index in [1.807, 2.05) is 6.92 Å². The number of alkyl halides is 3. The number of nitrogens with zero attached hydrogens (tertiary/aromatic N) is 3. The number of anilines is 1. The second kappa shape index (κ2) is 6.93. The average Bonchev–Trinajstić information content (AvgIpc) is 2.77. The molecule has 1 aliphatic heterocycles. The lowest BCUT2D eigenvalue weighted by Crippen LogP contribution is -2.29. The summed E-state index contributed by atoms with van der Waals surface area (Å²) in [7, 11) is 0. The van der Waals surface area contributed by atoms with Crippen LogP contribution in [0.25, 0.3) is 0 Å². The van der Waals surface area contributed by atoms with Crippen molar-refractivity contribution in [3.05, 3.63) is 18.0 Å². The van der Waals surface area contributed by atoms with Crippen LogP contribution in [0.5, 0.6) is 0 Å². The van der Waals surface area contributed by atoms with Gasteiger partial charge in [0.05, 0.1) is 6.04 Å². The van der Waals surface area contributed by atoms with Crippen molar-refractivity contribution in [1.82, 2.24) is 14.9 Å². The fourth-order valence-corrected chi connectivity index (χ4v) is 2.41. The van der Waals surface area contributed by atoms with Crippen molar-refractivity contribution in [3.63, 3.8) is 0 Å². The van der Waals surface area contributed by atoms with Gasteiger partial charge in [0.15, 0.2) is 0 Å². The molecular formula is C14H19F3N4O. The molecule has 1 fully saturated rings. The maximum Gasteiger partial charge on any atom is 0.389 e. The molecule has 5 nitrogen and oxygen atoms in total. The molecule has 122 valence electrons. The zero-order chi connectivity index (χ0) is 16.2. The Morgan fingerprint density at radius 2 is 2.23 bits per heavy atom. The van der Waals surface area contributed by atoms with Crippen LogP contribution in [0.1, 0.15) is 31.9 Å². The van der Waals surface area contributed by atoms with E-state index >= 15 is 0 Å². The van der Waals surface area contributed by atoms with Crippen LogP contribution in [0.3, 0.4) is 0 Å². The summed E-state index contributed by atoms with van der Waals surface area (Å²) in [5.74, 6) is 0.350. The molecule has 1 aromatic rings. The summed E-state index contributed by atoms with van der Waals surface area (Å²) in [4.78, 5) is 21.6. The lowest BCUT2D eigenvalue weighted by atomic mass is 10.2. The van der Waals surface area contributed by atoms with Crippen LogP contribution in [0.15, 0.2) is 12.3 Å². The number of rotatable bonds is 6. The summed E-state index contributed by atoms with van der Waals surface area (Å²) in [5.41, 5.74) is 0.338. The first-order valence-electron chi connectivity index (χ1n) is 7.30. The van der Waals surface area contributed by atoms with Gasteiger partial charge in [-0.3, -0.25) is 4.79 Å². The van der Waals surface area contributed by atoms with E-state index in [0.717, 1.165) is 6.42 Å². The molecule has 22 heavy (non-hydrogen) atoms. The predicted molar refractivity (Wildman–Crippen MR) is 75.3 cm³/mol. The smallest absolute Gasteiger partial charge is 0.349 e. The molecule has 1 saturated heterocycles. The van der Waals surface area contributed by atoms with Crippen molar-refractivity contribution in [2.45, 2.75) is 44.8 Å². The molecule has 0 aromatic carbocycles. The van der Waals surface area contributed by atoms with Crippen LogP contribution in [0.4, 0.5) is 19.1 Å². The molecule has 1 amide bonds. The van der Waals surface area contributed by atoms with E-state index in [2.05, 4.69) is 15.3 Å². The molecule has 0 spiro atoms. The molecule has 1 N–H and O–H groups in total. The quantitative estimate of drug-likeness (QED) is 0.875. The molecule has 0 saturated carbocycles. The molecule has 0 unspecified atom stereocenters. The number of aromatic nitrogens is 2. The summed E-state index contributed by atoms with van der Waals surface area (Å²) in [5, 5.41) is 3.03. The van der Waals surface area contributed by atoms with Gasteiger partial charge in [-0.05, 0) is 18.9 Å². The number of amides is 1. The Balaban J connectivity index is 1.92. The third kappa shape index (κ3) is 4.85. The Hall–Kier alpha value is -1.86. The third-order valence-corrected chi connectivity index (χ3v) is 3.42. The largest absolute Gasteiger partial charge is 0.389 e. The average molecular weight is 316 g/mol. The molecule has 2 heterocycles. The highest BCUT2D eigenvalue weighted by molar-refractivity contribution is 5.79. The monoisotopic (exact) mass is 316 g/mol. The van der Waals surface area contributed by atoms with Crippen LogP contribution >= 0.6 is 0 Å². The van der Waals surface area contributed by atoms with Crippen LogP contribution < -0.4 is 5.32 Å². The van der Waals surface area contributed by atoms with E-state index in [-0.39, 0.29) is 24.3 Å². The Bertz CT molecular complexity index is 521. The Morgan fingerprint density at radius 3 is 2.91 bits per heavy atom. The maximum absolute atomic E-state index is 12.2.